The summed E-state index contributed by atoms with van der Waals surface area (Å²) in [7, 11) is 0. The van der Waals surface area contributed by atoms with Crippen molar-refractivity contribution in [2.24, 2.45) is 22.8 Å². The summed E-state index contributed by atoms with van der Waals surface area (Å²) in [5, 5.41) is 10.00. The Morgan fingerprint density at radius 1 is 1.28 bits per heavy atom. The molecule has 0 saturated heterocycles. The summed E-state index contributed by atoms with van der Waals surface area (Å²) in [6.45, 7) is 12.9. The van der Waals surface area contributed by atoms with Gasteiger partial charge in [-0.2, -0.15) is 0 Å². The first kappa shape index (κ1) is 25.0. The molecule has 8 heteroatoms. The molecule has 0 bridgehead atoms. The van der Waals surface area contributed by atoms with Crippen LogP contribution >= 0.6 is 0 Å². The third kappa shape index (κ3) is 16.4. The number of nitrogens with two attached hydrogens (primary N) is 2. The van der Waals surface area contributed by atoms with E-state index < -0.39 is 17.7 Å². The van der Waals surface area contributed by atoms with Crippen molar-refractivity contribution >= 4 is 12.0 Å². The minimum absolute atomic E-state index is 0.130. The minimum atomic E-state index is -1.33. The highest BCUT2D eigenvalue weighted by atomic mass is 19.1. The van der Waals surface area contributed by atoms with E-state index in [0.29, 0.717) is 13.1 Å². The molecule has 0 aromatic carbocycles. The van der Waals surface area contributed by atoms with E-state index in [1.54, 1.807) is 6.92 Å². The summed E-state index contributed by atoms with van der Waals surface area (Å²) in [6, 6.07) is 0. The molecular weight excluding hydrogens is 332 g/mol. The number of hydrogen-bond acceptors (Lipinski definition) is 3. The fourth-order valence-electron chi connectivity index (χ4n) is 1.68. The molecule has 0 saturated carbocycles. The van der Waals surface area contributed by atoms with Gasteiger partial charge in [-0.3, -0.25) is 4.79 Å². The van der Waals surface area contributed by atoms with E-state index >= 15 is 0 Å². The van der Waals surface area contributed by atoms with Crippen molar-refractivity contribution in [3.8, 4) is 0 Å². The molecule has 0 radical (unpaired) electrons. The van der Waals surface area contributed by atoms with Gasteiger partial charge in [0.2, 0.25) is 5.91 Å². The second kappa shape index (κ2) is 12.2. The van der Waals surface area contributed by atoms with Gasteiger partial charge in [-0.15, -0.1) is 0 Å². The van der Waals surface area contributed by atoms with Crippen LogP contribution in [0.5, 0.6) is 0 Å². The predicted octanol–water partition coefficient (Wildman–Crippen LogP) is 3.02. The van der Waals surface area contributed by atoms with E-state index in [4.69, 9.17) is 15.6 Å². The molecule has 0 aromatic rings. The Morgan fingerprint density at radius 3 is 2.12 bits per heavy atom. The summed E-state index contributed by atoms with van der Waals surface area (Å²) >= 11 is 0. The Kier molecular flexibility index (Phi) is 12.2. The Bertz CT molecular complexity index is 513. The van der Waals surface area contributed by atoms with Crippen molar-refractivity contribution in [2.45, 2.75) is 33.6 Å². The average Bonchev–Trinajstić information content (AvgIpc) is 2.43. The van der Waals surface area contributed by atoms with Crippen LogP contribution in [0.4, 0.5) is 13.6 Å². The molecule has 0 fully saturated rings. The number of carbonyl (C=O) groups excluding carboxylic acids is 1. The fraction of sp³-hybridized carbons (Fsp3) is 0.529. The maximum Gasteiger partial charge on any atom is 0.402 e. The fourth-order valence-corrected chi connectivity index (χ4v) is 1.68. The first-order chi connectivity index (χ1) is 11.3. The molecule has 6 N–H and O–H groups in total. The molecule has 6 nitrogen and oxygen atoms in total. The number of carboxylic acid groups (broad SMARTS) is 1. The van der Waals surface area contributed by atoms with Crippen molar-refractivity contribution < 1.29 is 23.5 Å². The minimum Gasteiger partial charge on any atom is -0.465 e. The van der Waals surface area contributed by atoms with Crippen molar-refractivity contribution in [3.05, 3.63) is 36.5 Å². The lowest BCUT2D eigenvalue weighted by atomic mass is 9.93. The summed E-state index contributed by atoms with van der Waals surface area (Å²) < 4.78 is 25.9. The Balaban J connectivity index is 0. The lowest BCUT2D eigenvalue weighted by Gasteiger charge is -2.23. The predicted molar refractivity (Wildman–Crippen MR) is 95.0 cm³/mol. The molecule has 25 heavy (non-hydrogen) atoms. The molecule has 0 aliphatic carbocycles. The van der Waals surface area contributed by atoms with E-state index in [1.165, 1.54) is 0 Å². The zero-order valence-electron chi connectivity index (χ0n) is 15.1. The Hall–Kier alpha value is -2.22. The molecule has 144 valence electrons. The zero-order chi connectivity index (χ0) is 20.2. The van der Waals surface area contributed by atoms with Crippen molar-refractivity contribution in [2.75, 3.05) is 13.1 Å². The van der Waals surface area contributed by atoms with E-state index in [2.05, 4.69) is 24.2 Å². The Labute approximate surface area is 147 Å². The normalized spacial score (nSPS) is 12.5. The largest absolute Gasteiger partial charge is 0.465 e. The monoisotopic (exact) mass is 361 g/mol. The van der Waals surface area contributed by atoms with Crippen molar-refractivity contribution in [3.63, 3.8) is 0 Å². The van der Waals surface area contributed by atoms with Crippen molar-refractivity contribution in [1.29, 1.82) is 0 Å². The molecule has 1 unspecified atom stereocenters. The van der Waals surface area contributed by atoms with E-state index in [9.17, 15) is 13.6 Å². The SMILES string of the molecule is C=C(F)/C=C(/CC(C)CC(=O)NCC(C)(C)CN)C(=C)F.NC(=O)O. The average molecular weight is 361 g/mol. The summed E-state index contributed by atoms with van der Waals surface area (Å²) in [6.07, 6.45) is 0.129. The van der Waals surface area contributed by atoms with Crippen LogP contribution < -0.4 is 16.8 Å². The standard InChI is InChI=1S/C16H26F2N2O.CH3NO2/c1-11(6-14(13(3)18)8-12(2)17)7-15(21)20-10-16(4,5)9-19;2-1(3)4/h8,11H,2-3,6-7,9-10,19H2,1,4-5H3,(H,20,21);2H2,(H,3,4)/b14-8-;. The van der Waals surface area contributed by atoms with Gasteiger partial charge >= 0.3 is 6.09 Å². The van der Waals surface area contributed by atoms with Crippen LogP contribution in [0.3, 0.4) is 0 Å². The van der Waals surface area contributed by atoms with Gasteiger partial charge in [0.15, 0.2) is 0 Å². The number of hydrogen-bond donors (Lipinski definition) is 4. The first-order valence-corrected chi connectivity index (χ1v) is 7.65. The van der Waals surface area contributed by atoms with E-state index in [1.807, 2.05) is 13.8 Å². The molecule has 0 aromatic heterocycles. The van der Waals surface area contributed by atoms with Gasteiger partial charge in [0.1, 0.15) is 11.7 Å². The highest BCUT2D eigenvalue weighted by Gasteiger charge is 2.18. The van der Waals surface area contributed by atoms with Gasteiger partial charge in [-0.05, 0) is 35.9 Å². The van der Waals surface area contributed by atoms with Crippen LogP contribution in [-0.2, 0) is 4.79 Å². The first-order valence-electron chi connectivity index (χ1n) is 7.65. The van der Waals surface area contributed by atoms with E-state index in [0.717, 1.165) is 6.08 Å². The molecule has 0 heterocycles. The number of allylic oxidation sites excluding steroid dienone is 4. The molecule has 2 amide bonds. The maximum atomic E-state index is 13.2. The number of halogens is 2. The smallest absolute Gasteiger partial charge is 0.402 e. The van der Waals surface area contributed by atoms with Crippen LogP contribution in [0.1, 0.15) is 33.6 Å². The molecule has 0 spiro atoms. The highest BCUT2D eigenvalue weighted by molar-refractivity contribution is 5.76. The Morgan fingerprint density at radius 2 is 1.76 bits per heavy atom. The van der Waals surface area contributed by atoms with Crippen LogP contribution in [0.2, 0.25) is 0 Å². The lowest BCUT2D eigenvalue weighted by Crippen LogP contribution is -2.38. The third-order valence-electron chi connectivity index (χ3n) is 3.10. The number of primary amides is 1. The maximum absolute atomic E-state index is 13.2. The summed E-state index contributed by atoms with van der Waals surface area (Å²) in [5.41, 5.74) is 9.58. The summed E-state index contributed by atoms with van der Waals surface area (Å²) in [5.74, 6) is -1.70. The lowest BCUT2D eigenvalue weighted by molar-refractivity contribution is -0.122. The zero-order valence-corrected chi connectivity index (χ0v) is 15.1. The van der Waals surface area contributed by atoms with E-state index in [-0.39, 0.29) is 35.7 Å². The number of nitrogens with one attached hydrogen (secondary N) is 1. The van der Waals surface area contributed by atoms with Gasteiger partial charge in [-0.25, -0.2) is 13.6 Å². The topological polar surface area (TPSA) is 118 Å². The molecule has 1 atom stereocenters. The van der Waals surface area contributed by atoms with Gasteiger partial charge in [0.25, 0.3) is 0 Å². The van der Waals surface area contributed by atoms with Gasteiger partial charge in [0, 0.05) is 13.0 Å². The van der Waals surface area contributed by atoms with Gasteiger partial charge in [0.05, 0.1) is 0 Å². The summed E-state index contributed by atoms with van der Waals surface area (Å²) in [4.78, 5) is 20.6. The van der Waals surface area contributed by atoms with Crippen LogP contribution in [0.25, 0.3) is 0 Å². The van der Waals surface area contributed by atoms with Crippen molar-refractivity contribution in [1.82, 2.24) is 5.32 Å². The number of rotatable bonds is 9. The van der Waals surface area contributed by atoms with Crippen LogP contribution in [0.15, 0.2) is 36.5 Å². The van der Waals surface area contributed by atoms with Gasteiger partial charge < -0.3 is 21.9 Å². The van der Waals surface area contributed by atoms with Crippen LogP contribution in [0, 0.1) is 11.3 Å². The number of carbonyl (C=O) groups is 2. The second-order valence-electron chi connectivity index (χ2n) is 6.52. The molecule has 0 aliphatic rings. The van der Waals surface area contributed by atoms with Crippen LogP contribution in [-0.4, -0.2) is 30.2 Å². The molecular formula is C17H29F2N3O3. The number of amides is 2. The van der Waals surface area contributed by atoms with Gasteiger partial charge in [-0.1, -0.05) is 33.9 Å². The molecule has 0 aliphatic heterocycles. The molecule has 0 rings (SSSR count). The highest BCUT2D eigenvalue weighted by Crippen LogP contribution is 2.23. The third-order valence-corrected chi connectivity index (χ3v) is 3.10. The second-order valence-corrected chi connectivity index (χ2v) is 6.52. The quantitative estimate of drug-likeness (QED) is 0.472.